The summed E-state index contributed by atoms with van der Waals surface area (Å²) in [5.41, 5.74) is 1.01. The molecule has 88 valence electrons. The van der Waals surface area contributed by atoms with Gasteiger partial charge in [-0.25, -0.2) is 0 Å². The SMILES string of the molecule is CC1(Cc2ccccc2)COc2cscc2O1. The van der Waals surface area contributed by atoms with Crippen LogP contribution in [-0.4, -0.2) is 12.2 Å². The summed E-state index contributed by atoms with van der Waals surface area (Å²) >= 11 is 1.61. The molecule has 1 aliphatic rings. The highest BCUT2D eigenvalue weighted by atomic mass is 32.1. The maximum atomic E-state index is 6.05. The predicted molar refractivity (Wildman–Crippen MR) is 69.0 cm³/mol. The van der Waals surface area contributed by atoms with Crippen LogP contribution in [0.4, 0.5) is 0 Å². The molecule has 1 unspecified atom stereocenters. The van der Waals surface area contributed by atoms with Crippen molar-refractivity contribution in [2.24, 2.45) is 0 Å². The molecule has 0 radical (unpaired) electrons. The molecule has 0 fully saturated rings. The number of ether oxygens (including phenoxy) is 2. The van der Waals surface area contributed by atoms with Gasteiger partial charge in [0.05, 0.1) is 0 Å². The zero-order chi connectivity index (χ0) is 11.7. The molecule has 2 heterocycles. The first-order chi connectivity index (χ1) is 8.25. The van der Waals surface area contributed by atoms with Crippen molar-refractivity contribution in [3.63, 3.8) is 0 Å². The van der Waals surface area contributed by atoms with E-state index in [0.29, 0.717) is 6.61 Å². The minimum atomic E-state index is -0.268. The van der Waals surface area contributed by atoms with Gasteiger partial charge in [-0.1, -0.05) is 30.3 Å². The fraction of sp³-hybridized carbons (Fsp3) is 0.286. The van der Waals surface area contributed by atoms with Crippen LogP contribution >= 0.6 is 11.3 Å². The summed E-state index contributed by atoms with van der Waals surface area (Å²) in [4.78, 5) is 0. The monoisotopic (exact) mass is 246 g/mol. The van der Waals surface area contributed by atoms with Crippen molar-refractivity contribution in [3.8, 4) is 11.5 Å². The van der Waals surface area contributed by atoms with Crippen molar-refractivity contribution < 1.29 is 9.47 Å². The summed E-state index contributed by atoms with van der Waals surface area (Å²) in [6.07, 6.45) is 0.864. The summed E-state index contributed by atoms with van der Waals surface area (Å²) in [5.74, 6) is 1.75. The number of thiophene rings is 1. The molecule has 17 heavy (non-hydrogen) atoms. The summed E-state index contributed by atoms with van der Waals surface area (Å²) in [6, 6.07) is 10.4. The third-order valence-corrected chi connectivity index (χ3v) is 3.60. The molecule has 2 aromatic rings. The summed E-state index contributed by atoms with van der Waals surface area (Å²) in [7, 11) is 0. The first kappa shape index (κ1) is 10.7. The average Bonchev–Trinajstić information content (AvgIpc) is 2.76. The average molecular weight is 246 g/mol. The summed E-state index contributed by atoms with van der Waals surface area (Å²) in [6.45, 7) is 2.70. The van der Waals surface area contributed by atoms with E-state index >= 15 is 0 Å². The number of rotatable bonds is 2. The lowest BCUT2D eigenvalue weighted by molar-refractivity contribution is 0.00762. The van der Waals surface area contributed by atoms with Crippen LogP contribution in [0.2, 0.25) is 0 Å². The molecule has 0 saturated heterocycles. The van der Waals surface area contributed by atoms with E-state index in [1.54, 1.807) is 11.3 Å². The molecule has 0 N–H and O–H groups in total. The predicted octanol–water partition coefficient (Wildman–Crippen LogP) is 3.52. The Balaban J connectivity index is 1.80. The molecule has 0 amide bonds. The van der Waals surface area contributed by atoms with E-state index in [1.807, 2.05) is 16.8 Å². The normalized spacial score (nSPS) is 22.4. The molecular formula is C14H14O2S. The van der Waals surface area contributed by atoms with Crippen LogP contribution < -0.4 is 9.47 Å². The summed E-state index contributed by atoms with van der Waals surface area (Å²) in [5, 5.41) is 3.98. The van der Waals surface area contributed by atoms with Gasteiger partial charge in [0.25, 0.3) is 0 Å². The van der Waals surface area contributed by atoms with Crippen molar-refractivity contribution in [2.45, 2.75) is 18.9 Å². The molecule has 0 spiro atoms. The molecule has 1 aliphatic heterocycles. The van der Waals surface area contributed by atoms with Crippen LogP contribution in [-0.2, 0) is 6.42 Å². The Morgan fingerprint density at radius 2 is 1.94 bits per heavy atom. The van der Waals surface area contributed by atoms with Gasteiger partial charge in [-0.3, -0.25) is 0 Å². The van der Waals surface area contributed by atoms with E-state index in [-0.39, 0.29) is 5.60 Å². The third kappa shape index (κ3) is 2.15. The number of hydrogen-bond donors (Lipinski definition) is 0. The van der Waals surface area contributed by atoms with Crippen LogP contribution in [0.5, 0.6) is 11.5 Å². The molecule has 1 aromatic carbocycles. The zero-order valence-electron chi connectivity index (χ0n) is 9.68. The fourth-order valence-electron chi connectivity index (χ4n) is 2.09. The minimum absolute atomic E-state index is 0.268. The fourth-order valence-corrected chi connectivity index (χ4v) is 2.76. The van der Waals surface area contributed by atoms with Gasteiger partial charge in [0, 0.05) is 17.2 Å². The van der Waals surface area contributed by atoms with Crippen LogP contribution in [0.15, 0.2) is 41.1 Å². The highest BCUT2D eigenvalue weighted by Gasteiger charge is 2.33. The van der Waals surface area contributed by atoms with Gasteiger partial charge in [-0.05, 0) is 12.5 Å². The van der Waals surface area contributed by atoms with E-state index < -0.39 is 0 Å². The Hall–Kier alpha value is -1.48. The Bertz CT molecular complexity index is 506. The Labute approximate surface area is 105 Å². The zero-order valence-corrected chi connectivity index (χ0v) is 10.5. The molecule has 0 saturated carbocycles. The highest BCUT2D eigenvalue weighted by Crippen LogP contribution is 2.39. The quantitative estimate of drug-likeness (QED) is 0.807. The highest BCUT2D eigenvalue weighted by molar-refractivity contribution is 7.08. The molecule has 0 bridgehead atoms. The number of hydrogen-bond acceptors (Lipinski definition) is 3. The molecule has 0 aliphatic carbocycles. The first-order valence-corrected chi connectivity index (χ1v) is 6.61. The molecule has 1 atom stereocenters. The second kappa shape index (κ2) is 4.08. The van der Waals surface area contributed by atoms with Gasteiger partial charge in [0.15, 0.2) is 11.5 Å². The maximum absolute atomic E-state index is 6.05. The Kier molecular flexibility index (Phi) is 2.56. The van der Waals surface area contributed by atoms with E-state index in [4.69, 9.17) is 9.47 Å². The van der Waals surface area contributed by atoms with Crippen molar-refractivity contribution in [1.29, 1.82) is 0 Å². The van der Waals surface area contributed by atoms with Gasteiger partial charge in [-0.2, -0.15) is 0 Å². The van der Waals surface area contributed by atoms with Gasteiger partial charge in [-0.15, -0.1) is 11.3 Å². The minimum Gasteiger partial charge on any atom is -0.485 e. The van der Waals surface area contributed by atoms with Crippen LogP contribution in [0.25, 0.3) is 0 Å². The lowest BCUT2D eigenvalue weighted by Crippen LogP contribution is -2.43. The van der Waals surface area contributed by atoms with Crippen LogP contribution in [0.3, 0.4) is 0 Å². The van der Waals surface area contributed by atoms with E-state index in [2.05, 4.69) is 31.2 Å². The van der Waals surface area contributed by atoms with E-state index in [9.17, 15) is 0 Å². The topological polar surface area (TPSA) is 18.5 Å². The van der Waals surface area contributed by atoms with Crippen LogP contribution in [0, 0.1) is 0 Å². The second-order valence-electron chi connectivity index (χ2n) is 4.60. The standard InChI is InChI=1S/C14H14O2S/c1-14(7-11-5-3-2-4-6-11)10-15-12-8-17-9-13(12)16-14/h2-6,8-9H,7,10H2,1H3. The number of benzene rings is 1. The van der Waals surface area contributed by atoms with Crippen molar-refractivity contribution in [2.75, 3.05) is 6.61 Å². The molecule has 2 nitrogen and oxygen atoms in total. The van der Waals surface area contributed by atoms with Crippen LogP contribution in [0.1, 0.15) is 12.5 Å². The van der Waals surface area contributed by atoms with E-state index in [1.165, 1.54) is 5.56 Å². The second-order valence-corrected chi connectivity index (χ2v) is 5.35. The van der Waals surface area contributed by atoms with Gasteiger partial charge in [0.1, 0.15) is 12.2 Å². The Morgan fingerprint density at radius 1 is 1.18 bits per heavy atom. The first-order valence-electron chi connectivity index (χ1n) is 5.67. The molecular weight excluding hydrogens is 232 g/mol. The third-order valence-electron chi connectivity index (χ3n) is 2.90. The van der Waals surface area contributed by atoms with Crippen molar-refractivity contribution in [3.05, 3.63) is 46.7 Å². The molecule has 1 aromatic heterocycles. The lowest BCUT2D eigenvalue weighted by Gasteiger charge is -2.34. The Morgan fingerprint density at radius 3 is 2.76 bits per heavy atom. The largest absolute Gasteiger partial charge is 0.485 e. The van der Waals surface area contributed by atoms with Crippen molar-refractivity contribution in [1.82, 2.24) is 0 Å². The number of fused-ring (bicyclic) bond motifs is 1. The molecule has 3 heteroatoms. The lowest BCUT2D eigenvalue weighted by atomic mass is 9.96. The maximum Gasteiger partial charge on any atom is 0.172 e. The van der Waals surface area contributed by atoms with E-state index in [0.717, 1.165) is 17.9 Å². The molecule has 3 rings (SSSR count). The van der Waals surface area contributed by atoms with Gasteiger partial charge < -0.3 is 9.47 Å². The van der Waals surface area contributed by atoms with Gasteiger partial charge in [0.2, 0.25) is 0 Å². The van der Waals surface area contributed by atoms with Gasteiger partial charge >= 0.3 is 0 Å². The van der Waals surface area contributed by atoms with Crippen molar-refractivity contribution >= 4 is 11.3 Å². The smallest absolute Gasteiger partial charge is 0.172 e. The summed E-state index contributed by atoms with van der Waals surface area (Å²) < 4.78 is 11.8.